The fraction of sp³-hybridized carbons (Fsp3) is 0.0816. The summed E-state index contributed by atoms with van der Waals surface area (Å²) in [5, 5.41) is 0. The van der Waals surface area contributed by atoms with Crippen LogP contribution in [-0.2, 0) is 49.4 Å². The molecule has 0 amide bonds. The van der Waals surface area contributed by atoms with Crippen LogP contribution in [0.1, 0.15) is 78.4 Å². The number of fused-ring (bicyclic) bond motifs is 16. The molecule has 18 rings (SSSR count). The van der Waals surface area contributed by atoms with Gasteiger partial charge in [0.05, 0.1) is 78.7 Å². The maximum Gasteiger partial charge on any atom is 0.416 e. The van der Waals surface area contributed by atoms with Gasteiger partial charge in [0.1, 0.15) is 11.4 Å². The number of aromatic nitrogens is 6. The van der Waals surface area contributed by atoms with E-state index in [4.69, 9.17) is 20.0 Å². The molecule has 8 nitrogen and oxygen atoms in total. The average Bonchev–Trinajstić information content (AvgIpc) is 1.60. The summed E-state index contributed by atoms with van der Waals surface area (Å²) in [7, 11) is 0. The molecule has 0 spiro atoms. The van der Waals surface area contributed by atoms with Gasteiger partial charge in [-0.05, 0) is 238 Å². The highest BCUT2D eigenvalue weighted by Crippen LogP contribution is 2.49. The van der Waals surface area contributed by atoms with Crippen LogP contribution in [0, 0.1) is 11.8 Å². The molecule has 4 N–H and O–H groups in total. The van der Waals surface area contributed by atoms with Gasteiger partial charge in [-0.1, -0.05) is 97.1 Å². The van der Waals surface area contributed by atoms with E-state index in [2.05, 4.69) is 31.8 Å². The van der Waals surface area contributed by atoms with Crippen LogP contribution < -0.4 is 0 Å². The van der Waals surface area contributed by atoms with Crippen LogP contribution in [0.5, 0.6) is 0 Å². The second-order valence-corrected chi connectivity index (χ2v) is 30.2. The molecule has 650 valence electrons. The Kier molecular flexibility index (Phi) is 20.7. The lowest BCUT2D eigenvalue weighted by molar-refractivity contribution is -0.138. The summed E-state index contributed by atoms with van der Waals surface area (Å²) in [6.45, 7) is 0. The van der Waals surface area contributed by atoms with Crippen molar-refractivity contribution in [1.29, 1.82) is 0 Å². The van der Waals surface area contributed by atoms with E-state index in [-0.39, 0.29) is 190 Å². The van der Waals surface area contributed by atoms with Crippen molar-refractivity contribution in [3.8, 4) is 101 Å². The summed E-state index contributed by atoms with van der Waals surface area (Å²) >= 11 is 0. The summed E-state index contributed by atoms with van der Waals surface area (Å²) in [6.07, 6.45) is -33.5. The number of alkyl halides is 24. The number of hydrogen-bond donors (Lipinski definition) is 4. The summed E-state index contributed by atoms with van der Waals surface area (Å²) in [5.41, 5.74) is -10.2. The molecule has 14 aromatic rings. The molecule has 6 aromatic heterocycles. The molecule has 0 atom stereocenters. The van der Waals surface area contributed by atoms with E-state index in [0.29, 0.717) is 0 Å². The van der Waals surface area contributed by atoms with Crippen molar-refractivity contribution in [1.82, 2.24) is 29.9 Å². The second kappa shape index (κ2) is 31.4. The van der Waals surface area contributed by atoms with Crippen molar-refractivity contribution >= 4 is 91.2 Å². The molecule has 0 radical (unpaired) electrons. The highest BCUT2D eigenvalue weighted by atomic mass is 19.4. The fourth-order valence-electron chi connectivity index (χ4n) is 16.0. The lowest BCUT2D eigenvalue weighted by Crippen LogP contribution is -2.05. The first-order valence-corrected chi connectivity index (χ1v) is 38.8. The monoisotopic (exact) mass is 1790 g/mol. The van der Waals surface area contributed by atoms with Gasteiger partial charge in [0.25, 0.3) is 0 Å². The van der Waals surface area contributed by atoms with Gasteiger partial charge in [-0.15, -0.1) is 0 Å². The third-order valence-corrected chi connectivity index (χ3v) is 22.1. The number of aromatic amines is 4. The molecule has 0 unspecified atom stereocenters. The molecule has 130 heavy (non-hydrogen) atoms. The fourth-order valence-corrected chi connectivity index (χ4v) is 16.0. The van der Waals surface area contributed by atoms with Gasteiger partial charge in [0.15, 0.2) is 0 Å². The molecule has 4 aliphatic heterocycles. The van der Waals surface area contributed by atoms with Crippen molar-refractivity contribution in [2.24, 2.45) is 9.98 Å². The molecule has 4 aliphatic rings. The van der Waals surface area contributed by atoms with Crippen molar-refractivity contribution in [2.75, 3.05) is 0 Å². The molecular weight excluding hydrogens is 1750 g/mol. The zero-order valence-corrected chi connectivity index (χ0v) is 65.4. The minimum atomic E-state index is -4.98. The minimum Gasteiger partial charge on any atom is -0.354 e. The smallest absolute Gasteiger partial charge is 0.354 e. The number of benzene rings is 8. The molecular formula is C98H50F24N8. The van der Waals surface area contributed by atoms with Gasteiger partial charge in [0.2, 0.25) is 0 Å². The van der Waals surface area contributed by atoms with E-state index in [1.807, 2.05) is 0 Å². The second-order valence-electron chi connectivity index (χ2n) is 30.2. The molecule has 0 aliphatic carbocycles. The normalized spacial score (nSPS) is 13.4. The van der Waals surface area contributed by atoms with E-state index >= 15 is 0 Å². The van der Waals surface area contributed by atoms with E-state index in [1.165, 1.54) is 85.0 Å². The van der Waals surface area contributed by atoms with Gasteiger partial charge in [-0.3, -0.25) is 0 Å². The van der Waals surface area contributed by atoms with E-state index < -0.39 is 93.9 Å². The number of halogens is 24. The van der Waals surface area contributed by atoms with Crippen molar-refractivity contribution in [3.63, 3.8) is 0 Å². The van der Waals surface area contributed by atoms with Crippen LogP contribution in [-0.4, -0.2) is 41.3 Å². The molecule has 10 heterocycles. The third kappa shape index (κ3) is 16.6. The van der Waals surface area contributed by atoms with Crippen LogP contribution >= 0.6 is 0 Å². The van der Waals surface area contributed by atoms with Gasteiger partial charge in [0, 0.05) is 99.8 Å². The summed E-state index contributed by atoms with van der Waals surface area (Å²) in [4.78, 5) is 33.4. The topological polar surface area (TPSA) is 114 Å². The van der Waals surface area contributed by atoms with Gasteiger partial charge in [-0.2, -0.15) is 105 Å². The highest BCUT2D eigenvalue weighted by Gasteiger charge is 2.39. The summed E-state index contributed by atoms with van der Waals surface area (Å²) in [5.74, 6) is 6.15. The first-order chi connectivity index (χ1) is 61.4. The first kappa shape index (κ1) is 85.6. The Labute approximate surface area is 716 Å². The number of rotatable bonds is 8. The quantitative estimate of drug-likeness (QED) is 0.0897. The Morgan fingerprint density at radius 3 is 0.515 bits per heavy atom. The first-order valence-electron chi connectivity index (χ1n) is 38.8. The molecule has 16 bridgehead atoms. The van der Waals surface area contributed by atoms with Crippen LogP contribution in [0.3, 0.4) is 0 Å². The van der Waals surface area contributed by atoms with Gasteiger partial charge in [-0.25, -0.2) is 20.0 Å². The van der Waals surface area contributed by atoms with Crippen molar-refractivity contribution in [2.45, 2.75) is 49.4 Å². The maximum absolute atomic E-state index is 14.9. The lowest BCUT2D eigenvalue weighted by Gasteiger charge is -2.11. The number of nitrogens with zero attached hydrogens (tertiary/aromatic N) is 4. The van der Waals surface area contributed by atoms with Crippen LogP contribution in [0.2, 0.25) is 0 Å². The van der Waals surface area contributed by atoms with Crippen molar-refractivity contribution < 1.29 is 105 Å². The maximum atomic E-state index is 14.9. The van der Waals surface area contributed by atoms with E-state index in [0.717, 1.165) is 194 Å². The summed E-state index contributed by atoms with van der Waals surface area (Å²) in [6, 6.07) is 44.1. The molecule has 0 saturated heterocycles. The van der Waals surface area contributed by atoms with Crippen LogP contribution in [0.4, 0.5) is 117 Å². The molecule has 0 fully saturated rings. The zero-order chi connectivity index (χ0) is 91.8. The number of H-pyrrole nitrogens is 4. The Bertz CT molecular complexity index is 7040. The average molecular weight is 1800 g/mol. The van der Waals surface area contributed by atoms with Crippen LogP contribution in [0.25, 0.3) is 157 Å². The SMILES string of the molecule is FC(F)(F)c1ccc(-c2c3cc(c(-c4ccc(C(F)(F)F)cc4)c4ccc([nH]4)c(-c4ccc(C(F)(F)F)cc4)c4nc(c(-c5ccc(C(F)(F)F)cc5)c5ccc2[nH]5)C=C4)C(C#CC2=Nc4cc2c(-c2ccc(C(F)(F)F)cc2)c2ccc([nH]2)c(-c2ccc(C(F)(F)F)cc2)c2nc(c(-c5ccc(C(F)(F)F)cc5)c5ccc([nH]5)c4-c4ccc(C(F)(F)F)cc4)C=C2)=N3)cc1. The number of hydrogen-bond acceptors (Lipinski definition) is 4. The molecule has 32 heteroatoms. The Hall–Kier alpha value is -15.2. The van der Waals surface area contributed by atoms with Gasteiger partial charge >= 0.3 is 49.4 Å². The van der Waals surface area contributed by atoms with E-state index in [1.54, 1.807) is 0 Å². The Morgan fingerprint density at radius 1 is 0.185 bits per heavy atom. The minimum absolute atomic E-state index is 0.00549. The van der Waals surface area contributed by atoms with Gasteiger partial charge < -0.3 is 19.9 Å². The van der Waals surface area contributed by atoms with E-state index in [9.17, 15) is 105 Å². The Morgan fingerprint density at radius 2 is 0.338 bits per heavy atom. The molecule has 0 saturated carbocycles. The Balaban J connectivity index is 0.993. The number of nitrogens with one attached hydrogen (secondary N) is 4. The standard InChI is InChI=1S/C98H50F24N8/c99-91(100,101)57-17-1-49(2-18-57)83-65-47-81(89(55-13-29-63(30-14-55)97(117,118)119)79-45-43-77(129-79)87(53-9-25-61(26-10-53)95(111,112)113)75-41-39-73(127-75)85(71-37-35-69(83)125-71)51-5-21-59(22-6-51)93(105,106)107)123-67(65)33-34-68-66-48-82(124-68)90(56-15-31-64(32-16-56)98(120,121)122)80-46-44-78(130-80)88(54-11-27-62(28-12-54)96(114,115)116)76-42-40-74(128-76)86(52-7-23-60(24-8-52)94(108,109)110)72-38-36-70(126-72)84(66)50-3-19-58(20-4-50)92(102,103)104/h1-32,35-48,125-126,129-130H. The number of aliphatic imine (C=N–C) groups is 2. The summed E-state index contributed by atoms with van der Waals surface area (Å²) < 4.78 is 351. The highest BCUT2D eigenvalue weighted by molar-refractivity contribution is 6.28. The third-order valence-electron chi connectivity index (χ3n) is 22.1. The predicted octanol–water partition coefficient (Wildman–Crippen LogP) is 30.9. The lowest BCUT2D eigenvalue weighted by atomic mass is 9.95. The predicted molar refractivity (Wildman–Crippen MR) is 448 cm³/mol. The largest absolute Gasteiger partial charge is 0.416 e. The zero-order valence-electron chi connectivity index (χ0n) is 65.4. The van der Waals surface area contributed by atoms with Crippen molar-refractivity contribution in [3.05, 3.63) is 333 Å². The molecule has 8 aromatic carbocycles. The van der Waals surface area contributed by atoms with Crippen LogP contribution in [0.15, 0.2) is 265 Å².